The molecule has 8 heteroatoms. The molecular formula is C29H44N4O4. The smallest absolute Gasteiger partial charge is 0.289 e. The third-order valence-corrected chi connectivity index (χ3v) is 9.18. The van der Waals surface area contributed by atoms with Gasteiger partial charge in [0.1, 0.15) is 6.04 Å². The van der Waals surface area contributed by atoms with E-state index < -0.39 is 35.7 Å². The van der Waals surface area contributed by atoms with Gasteiger partial charge in [0.25, 0.3) is 5.91 Å². The van der Waals surface area contributed by atoms with E-state index in [9.17, 15) is 19.2 Å². The fourth-order valence-corrected chi connectivity index (χ4v) is 6.70. The summed E-state index contributed by atoms with van der Waals surface area (Å²) in [6.07, 6.45) is 14.1. The van der Waals surface area contributed by atoms with Crippen molar-refractivity contribution in [2.75, 3.05) is 13.1 Å². The highest BCUT2D eigenvalue weighted by Gasteiger charge is 2.57. The van der Waals surface area contributed by atoms with Crippen molar-refractivity contribution in [3.05, 3.63) is 12.7 Å². The molecule has 0 aromatic heterocycles. The largest absolute Gasteiger partial charge is 0.346 e. The van der Waals surface area contributed by atoms with Crippen molar-refractivity contribution in [1.82, 2.24) is 15.5 Å². The summed E-state index contributed by atoms with van der Waals surface area (Å²) in [5, 5.41) is 5.27. The molecule has 3 rings (SSSR count). The predicted molar refractivity (Wildman–Crippen MR) is 143 cm³/mol. The molecule has 1 aliphatic heterocycles. The standard InChI is InChI=1S/C29H44N4O4/c1-6-8-12-21(23(34)26(36)31-17-7-2)32-25(35)22-19-13-16-28(3,4)20(19)18-33(22)27(37)24(30)29(5)14-10-9-11-15-29/h1,7,19-22,24H,2,8-18,30H2,3-5H3,(H,31,36)(H,32,35)/t19-,20-,21?,22-,24+/m0/s1. The van der Waals surface area contributed by atoms with Crippen molar-refractivity contribution in [3.8, 4) is 12.3 Å². The zero-order chi connectivity index (χ0) is 27.4. The fraction of sp³-hybridized carbons (Fsp3) is 0.724. The van der Waals surface area contributed by atoms with E-state index in [0.717, 1.165) is 44.9 Å². The first-order chi connectivity index (χ1) is 17.5. The summed E-state index contributed by atoms with van der Waals surface area (Å²) in [5.41, 5.74) is 6.32. The Labute approximate surface area is 221 Å². The van der Waals surface area contributed by atoms with Crippen LogP contribution in [0.4, 0.5) is 0 Å². The lowest BCUT2D eigenvalue weighted by Crippen LogP contribution is -2.59. The van der Waals surface area contributed by atoms with Crippen molar-refractivity contribution in [1.29, 1.82) is 0 Å². The third kappa shape index (κ3) is 6.09. The average molecular weight is 513 g/mol. The summed E-state index contributed by atoms with van der Waals surface area (Å²) in [4.78, 5) is 54.6. The van der Waals surface area contributed by atoms with Gasteiger partial charge in [-0.1, -0.05) is 46.1 Å². The van der Waals surface area contributed by atoms with Gasteiger partial charge in [-0.3, -0.25) is 19.2 Å². The maximum absolute atomic E-state index is 13.9. The van der Waals surface area contributed by atoms with E-state index in [1.54, 1.807) is 4.90 Å². The monoisotopic (exact) mass is 512 g/mol. The second-order valence-corrected chi connectivity index (χ2v) is 12.1. The molecular weight excluding hydrogens is 468 g/mol. The predicted octanol–water partition coefficient (Wildman–Crippen LogP) is 2.32. The van der Waals surface area contributed by atoms with Gasteiger partial charge in [0.2, 0.25) is 17.6 Å². The number of amides is 3. The Kier molecular flexibility index (Phi) is 9.22. The maximum Gasteiger partial charge on any atom is 0.289 e. The lowest BCUT2D eigenvalue weighted by Gasteiger charge is -2.40. The molecule has 2 aliphatic carbocycles. The second-order valence-electron chi connectivity index (χ2n) is 12.1. The molecule has 37 heavy (non-hydrogen) atoms. The van der Waals surface area contributed by atoms with Crippen molar-refractivity contribution in [2.24, 2.45) is 28.4 Å². The minimum Gasteiger partial charge on any atom is -0.346 e. The molecule has 5 atom stereocenters. The van der Waals surface area contributed by atoms with Gasteiger partial charge in [-0.2, -0.15) is 0 Å². The Morgan fingerprint density at radius 3 is 2.46 bits per heavy atom. The summed E-state index contributed by atoms with van der Waals surface area (Å²) in [6.45, 7) is 10.6. The van der Waals surface area contributed by atoms with Gasteiger partial charge in [0.05, 0.1) is 12.1 Å². The highest BCUT2D eigenvalue weighted by atomic mass is 16.2. The van der Waals surface area contributed by atoms with Crippen molar-refractivity contribution in [3.63, 3.8) is 0 Å². The molecule has 0 radical (unpaired) electrons. The van der Waals surface area contributed by atoms with E-state index in [-0.39, 0.29) is 48.0 Å². The van der Waals surface area contributed by atoms with Gasteiger partial charge in [0.15, 0.2) is 0 Å². The number of likely N-dealkylation sites (tertiary alicyclic amines) is 1. The molecule has 3 fully saturated rings. The Hall–Kier alpha value is -2.66. The number of nitrogens with one attached hydrogen (secondary N) is 2. The molecule has 0 spiro atoms. The molecule has 2 saturated carbocycles. The van der Waals surface area contributed by atoms with Gasteiger partial charge in [-0.15, -0.1) is 18.9 Å². The number of ketones is 1. The van der Waals surface area contributed by atoms with E-state index in [0.29, 0.717) is 6.54 Å². The van der Waals surface area contributed by atoms with E-state index in [1.165, 1.54) is 6.08 Å². The number of carbonyl (C=O) groups excluding carboxylic acids is 4. The highest BCUT2D eigenvalue weighted by molar-refractivity contribution is 6.38. The number of nitrogens with zero attached hydrogens (tertiary/aromatic N) is 1. The zero-order valence-electron chi connectivity index (χ0n) is 22.7. The summed E-state index contributed by atoms with van der Waals surface area (Å²) in [7, 11) is 0. The van der Waals surface area contributed by atoms with Crippen LogP contribution in [0.25, 0.3) is 0 Å². The number of carbonyl (C=O) groups is 4. The fourth-order valence-electron chi connectivity index (χ4n) is 6.70. The maximum atomic E-state index is 13.9. The number of nitrogens with two attached hydrogens (primary N) is 1. The van der Waals surface area contributed by atoms with E-state index >= 15 is 0 Å². The first kappa shape index (κ1) is 28.9. The molecule has 204 valence electrons. The van der Waals surface area contributed by atoms with Crippen LogP contribution in [-0.4, -0.2) is 59.6 Å². The molecule has 3 amide bonds. The Morgan fingerprint density at radius 2 is 1.84 bits per heavy atom. The molecule has 1 saturated heterocycles. The van der Waals surface area contributed by atoms with Crippen LogP contribution in [-0.2, 0) is 19.2 Å². The lowest BCUT2D eigenvalue weighted by atomic mass is 9.70. The average Bonchev–Trinajstić information content (AvgIpc) is 3.41. The highest BCUT2D eigenvalue weighted by Crippen LogP contribution is 2.53. The third-order valence-electron chi connectivity index (χ3n) is 9.18. The number of hydrogen-bond acceptors (Lipinski definition) is 5. The summed E-state index contributed by atoms with van der Waals surface area (Å²) in [5.74, 6) is 0.461. The van der Waals surface area contributed by atoms with Gasteiger partial charge in [-0.25, -0.2) is 0 Å². The van der Waals surface area contributed by atoms with Gasteiger partial charge in [0, 0.05) is 19.5 Å². The van der Waals surface area contributed by atoms with Gasteiger partial charge in [-0.05, 0) is 54.8 Å². The van der Waals surface area contributed by atoms with Crippen molar-refractivity contribution >= 4 is 23.5 Å². The Bertz CT molecular complexity index is 946. The minimum atomic E-state index is -1.07. The van der Waals surface area contributed by atoms with Crippen LogP contribution in [0.3, 0.4) is 0 Å². The minimum absolute atomic E-state index is 0.0136. The van der Waals surface area contributed by atoms with Crippen LogP contribution in [0.5, 0.6) is 0 Å². The molecule has 1 heterocycles. The van der Waals surface area contributed by atoms with E-state index in [2.05, 4.69) is 43.9 Å². The molecule has 3 aliphatic rings. The molecule has 0 aromatic rings. The van der Waals surface area contributed by atoms with Crippen molar-refractivity contribution in [2.45, 2.75) is 96.7 Å². The lowest BCUT2D eigenvalue weighted by molar-refractivity contribution is -0.144. The van der Waals surface area contributed by atoms with Crippen molar-refractivity contribution < 1.29 is 19.2 Å². The molecule has 0 bridgehead atoms. The SMILES string of the molecule is C#CCCC(NC(=O)[C@@H]1[C@H]2CCC(C)(C)[C@H]2CN1C(=O)[C@@H](N)C1(C)CCCCC1)C(=O)C(=O)NCC=C. The summed E-state index contributed by atoms with van der Waals surface area (Å²) >= 11 is 0. The van der Waals surface area contributed by atoms with Crippen LogP contribution in [0.2, 0.25) is 0 Å². The van der Waals surface area contributed by atoms with E-state index in [1.807, 2.05) is 0 Å². The van der Waals surface area contributed by atoms with Crippen LogP contribution in [0.15, 0.2) is 12.7 Å². The molecule has 0 aromatic carbocycles. The van der Waals surface area contributed by atoms with Crippen LogP contribution in [0.1, 0.15) is 78.6 Å². The molecule has 1 unspecified atom stereocenters. The number of hydrogen-bond donors (Lipinski definition) is 3. The number of terminal acetylenes is 1. The Morgan fingerprint density at radius 1 is 1.16 bits per heavy atom. The zero-order valence-corrected chi connectivity index (χ0v) is 22.7. The number of fused-ring (bicyclic) bond motifs is 1. The first-order valence-electron chi connectivity index (χ1n) is 13.7. The van der Waals surface area contributed by atoms with Crippen LogP contribution >= 0.6 is 0 Å². The Balaban J connectivity index is 1.85. The normalized spacial score (nSPS) is 27.3. The number of rotatable bonds is 10. The summed E-state index contributed by atoms with van der Waals surface area (Å²) in [6, 6.07) is -2.48. The summed E-state index contributed by atoms with van der Waals surface area (Å²) < 4.78 is 0. The van der Waals surface area contributed by atoms with Gasteiger partial charge >= 0.3 is 0 Å². The molecule has 4 N–H and O–H groups in total. The van der Waals surface area contributed by atoms with Crippen LogP contribution in [0, 0.1) is 35.0 Å². The first-order valence-corrected chi connectivity index (χ1v) is 13.7. The molecule has 8 nitrogen and oxygen atoms in total. The van der Waals surface area contributed by atoms with Gasteiger partial charge < -0.3 is 21.3 Å². The topological polar surface area (TPSA) is 122 Å². The number of Topliss-reactive ketones (excluding diaryl/α,β-unsaturated/α-hetero) is 1. The van der Waals surface area contributed by atoms with E-state index in [4.69, 9.17) is 12.2 Å². The quantitative estimate of drug-likeness (QED) is 0.236. The second kappa shape index (κ2) is 11.8. The van der Waals surface area contributed by atoms with Crippen LogP contribution < -0.4 is 16.4 Å².